The molecule has 1 atom stereocenters. The summed E-state index contributed by atoms with van der Waals surface area (Å²) in [5, 5.41) is 3.10. The molecular formula is C26H36N2O. The highest BCUT2D eigenvalue weighted by atomic mass is 16.1. The number of benzene rings is 2. The largest absolute Gasteiger partial charge is 0.351 e. The molecule has 0 radical (unpaired) electrons. The Hall–Kier alpha value is -2.13. The molecule has 0 spiro atoms. The molecule has 2 aromatic rings. The van der Waals surface area contributed by atoms with E-state index in [1.807, 2.05) is 12.1 Å². The van der Waals surface area contributed by atoms with Gasteiger partial charge in [-0.05, 0) is 73.5 Å². The van der Waals surface area contributed by atoms with Crippen LogP contribution in [0.1, 0.15) is 78.9 Å². The third-order valence-corrected chi connectivity index (χ3v) is 6.01. The molecular weight excluding hydrogens is 356 g/mol. The van der Waals surface area contributed by atoms with Crippen LogP contribution in [-0.4, -0.2) is 30.4 Å². The van der Waals surface area contributed by atoms with Gasteiger partial charge >= 0.3 is 0 Å². The number of likely N-dealkylation sites (tertiary alicyclic amines) is 1. The van der Waals surface area contributed by atoms with Crippen molar-refractivity contribution in [3.8, 4) is 0 Å². The summed E-state index contributed by atoms with van der Waals surface area (Å²) in [7, 11) is 0. The van der Waals surface area contributed by atoms with Crippen molar-refractivity contribution in [1.29, 1.82) is 0 Å². The van der Waals surface area contributed by atoms with Crippen molar-refractivity contribution in [2.24, 2.45) is 0 Å². The van der Waals surface area contributed by atoms with Crippen molar-refractivity contribution in [3.05, 3.63) is 70.8 Å². The second kappa shape index (κ2) is 11.2. The van der Waals surface area contributed by atoms with E-state index in [1.165, 1.54) is 61.9 Å². The summed E-state index contributed by atoms with van der Waals surface area (Å²) in [6.07, 6.45) is 7.48. The van der Waals surface area contributed by atoms with Gasteiger partial charge in [0.15, 0.2) is 0 Å². The summed E-state index contributed by atoms with van der Waals surface area (Å²) in [6, 6.07) is 17.0. The lowest BCUT2D eigenvalue weighted by molar-refractivity contribution is 0.0951. The lowest BCUT2D eigenvalue weighted by Gasteiger charge is -2.17. The Labute approximate surface area is 176 Å². The molecule has 2 aromatic carbocycles. The third kappa shape index (κ3) is 6.71. The van der Waals surface area contributed by atoms with Crippen LogP contribution >= 0.6 is 0 Å². The fourth-order valence-electron chi connectivity index (χ4n) is 4.02. The molecule has 1 fully saturated rings. The van der Waals surface area contributed by atoms with E-state index < -0.39 is 0 Å². The molecule has 1 aliphatic rings. The van der Waals surface area contributed by atoms with Crippen LogP contribution in [0.5, 0.6) is 0 Å². The predicted octanol–water partition coefficient (Wildman–Crippen LogP) is 5.55. The summed E-state index contributed by atoms with van der Waals surface area (Å²) in [6.45, 7) is 8.56. The van der Waals surface area contributed by atoms with Crippen LogP contribution in [0.4, 0.5) is 0 Å². The van der Waals surface area contributed by atoms with Crippen LogP contribution in [0.25, 0.3) is 0 Å². The SMILES string of the molecule is CCCCCc1ccc(C(=O)NCC(C)c2ccc(CN3CCCC3)cc2)cc1. The Morgan fingerprint density at radius 3 is 2.28 bits per heavy atom. The van der Waals surface area contributed by atoms with E-state index in [0.29, 0.717) is 12.5 Å². The number of hydrogen-bond donors (Lipinski definition) is 1. The molecule has 0 saturated carbocycles. The highest BCUT2D eigenvalue weighted by Crippen LogP contribution is 2.18. The molecule has 0 aliphatic carbocycles. The number of unbranched alkanes of at least 4 members (excludes halogenated alkanes) is 2. The molecule has 1 unspecified atom stereocenters. The van der Waals surface area contributed by atoms with Crippen LogP contribution < -0.4 is 5.32 Å². The summed E-state index contributed by atoms with van der Waals surface area (Å²) in [5.74, 6) is 0.315. The van der Waals surface area contributed by atoms with Crippen LogP contribution in [0, 0.1) is 0 Å². The van der Waals surface area contributed by atoms with Crippen molar-refractivity contribution in [3.63, 3.8) is 0 Å². The number of amides is 1. The number of carbonyl (C=O) groups excluding carboxylic acids is 1. The molecule has 1 saturated heterocycles. The first-order chi connectivity index (χ1) is 14.2. The van der Waals surface area contributed by atoms with Crippen LogP contribution in [0.15, 0.2) is 48.5 Å². The van der Waals surface area contributed by atoms with Crippen molar-refractivity contribution in [1.82, 2.24) is 10.2 Å². The fourth-order valence-corrected chi connectivity index (χ4v) is 4.02. The molecule has 1 heterocycles. The van der Waals surface area contributed by atoms with Gasteiger partial charge < -0.3 is 5.32 Å². The highest BCUT2D eigenvalue weighted by molar-refractivity contribution is 5.94. The summed E-state index contributed by atoms with van der Waals surface area (Å²) < 4.78 is 0. The maximum absolute atomic E-state index is 12.5. The Morgan fingerprint density at radius 1 is 0.966 bits per heavy atom. The van der Waals surface area contributed by atoms with E-state index >= 15 is 0 Å². The van der Waals surface area contributed by atoms with E-state index in [2.05, 4.69) is 60.5 Å². The van der Waals surface area contributed by atoms with Crippen molar-refractivity contribution in [2.75, 3.05) is 19.6 Å². The molecule has 1 amide bonds. The molecule has 0 aromatic heterocycles. The molecule has 0 bridgehead atoms. The Bertz CT molecular complexity index is 745. The topological polar surface area (TPSA) is 32.3 Å². The monoisotopic (exact) mass is 392 g/mol. The van der Waals surface area contributed by atoms with E-state index in [4.69, 9.17) is 0 Å². The maximum atomic E-state index is 12.5. The van der Waals surface area contributed by atoms with E-state index in [9.17, 15) is 4.79 Å². The first-order valence-corrected chi connectivity index (χ1v) is 11.3. The van der Waals surface area contributed by atoms with E-state index in [1.54, 1.807) is 0 Å². The number of hydrogen-bond acceptors (Lipinski definition) is 2. The van der Waals surface area contributed by atoms with Gasteiger partial charge in [0, 0.05) is 18.7 Å². The molecule has 3 nitrogen and oxygen atoms in total. The van der Waals surface area contributed by atoms with Gasteiger partial charge in [0.2, 0.25) is 0 Å². The lowest BCUT2D eigenvalue weighted by Crippen LogP contribution is -2.27. The van der Waals surface area contributed by atoms with Gasteiger partial charge in [-0.25, -0.2) is 0 Å². The predicted molar refractivity (Wildman–Crippen MR) is 121 cm³/mol. The fraction of sp³-hybridized carbons (Fsp3) is 0.500. The van der Waals surface area contributed by atoms with Crippen LogP contribution in [-0.2, 0) is 13.0 Å². The van der Waals surface area contributed by atoms with Gasteiger partial charge in [-0.15, -0.1) is 0 Å². The standard InChI is InChI=1S/C26H36N2O/c1-3-4-5-8-22-9-15-25(16-10-22)26(29)27-19-21(2)24-13-11-23(12-14-24)20-28-17-6-7-18-28/h9-16,21H,3-8,17-20H2,1-2H3,(H,27,29). The normalized spacial score (nSPS) is 15.4. The minimum atomic E-state index is 0.0163. The second-order valence-electron chi connectivity index (χ2n) is 8.49. The molecule has 29 heavy (non-hydrogen) atoms. The Kier molecular flexibility index (Phi) is 8.30. The van der Waals surface area contributed by atoms with Crippen molar-refractivity contribution >= 4 is 5.91 Å². The first kappa shape index (κ1) is 21.6. The van der Waals surface area contributed by atoms with Crippen molar-refractivity contribution in [2.45, 2.75) is 64.8 Å². The van der Waals surface area contributed by atoms with Crippen LogP contribution in [0.3, 0.4) is 0 Å². The summed E-state index contributed by atoms with van der Waals surface area (Å²) >= 11 is 0. The molecule has 1 aliphatic heterocycles. The Balaban J connectivity index is 1.45. The average molecular weight is 393 g/mol. The average Bonchev–Trinajstić information content (AvgIpc) is 3.26. The highest BCUT2D eigenvalue weighted by Gasteiger charge is 2.13. The third-order valence-electron chi connectivity index (χ3n) is 6.01. The number of rotatable bonds is 10. The second-order valence-corrected chi connectivity index (χ2v) is 8.49. The number of carbonyl (C=O) groups is 1. The molecule has 3 heteroatoms. The zero-order valence-electron chi connectivity index (χ0n) is 18.1. The number of aryl methyl sites for hydroxylation is 1. The summed E-state index contributed by atoms with van der Waals surface area (Å²) in [4.78, 5) is 15.0. The maximum Gasteiger partial charge on any atom is 0.251 e. The zero-order chi connectivity index (χ0) is 20.5. The molecule has 3 rings (SSSR count). The Morgan fingerprint density at radius 2 is 1.62 bits per heavy atom. The quantitative estimate of drug-likeness (QED) is 0.538. The first-order valence-electron chi connectivity index (χ1n) is 11.3. The van der Waals surface area contributed by atoms with Gasteiger partial charge in [-0.1, -0.05) is 63.1 Å². The minimum Gasteiger partial charge on any atom is -0.351 e. The minimum absolute atomic E-state index is 0.0163. The number of nitrogens with zero attached hydrogens (tertiary/aromatic N) is 1. The molecule has 1 N–H and O–H groups in total. The smallest absolute Gasteiger partial charge is 0.251 e. The van der Waals surface area contributed by atoms with Gasteiger partial charge in [0.05, 0.1) is 0 Å². The summed E-state index contributed by atoms with van der Waals surface area (Å²) in [5.41, 5.74) is 4.72. The van der Waals surface area contributed by atoms with E-state index in [-0.39, 0.29) is 5.91 Å². The zero-order valence-corrected chi connectivity index (χ0v) is 18.1. The van der Waals surface area contributed by atoms with Gasteiger partial charge in [-0.2, -0.15) is 0 Å². The van der Waals surface area contributed by atoms with Gasteiger partial charge in [-0.3, -0.25) is 9.69 Å². The van der Waals surface area contributed by atoms with E-state index in [0.717, 1.165) is 18.5 Å². The van der Waals surface area contributed by atoms with Gasteiger partial charge in [0.1, 0.15) is 0 Å². The van der Waals surface area contributed by atoms with Gasteiger partial charge in [0.25, 0.3) is 5.91 Å². The van der Waals surface area contributed by atoms with Crippen molar-refractivity contribution < 1.29 is 4.79 Å². The molecule has 156 valence electrons. The number of nitrogens with one attached hydrogen (secondary N) is 1. The van der Waals surface area contributed by atoms with Crippen LogP contribution in [0.2, 0.25) is 0 Å². The lowest BCUT2D eigenvalue weighted by atomic mass is 9.99.